The molecule has 0 aromatic carbocycles. The number of hydrogen-bond acceptors (Lipinski definition) is 5. The van der Waals surface area contributed by atoms with Crippen LogP contribution in [0.3, 0.4) is 0 Å². The maximum absolute atomic E-state index is 5.33. The van der Waals surface area contributed by atoms with Crippen LogP contribution in [-0.4, -0.2) is 31.3 Å². The van der Waals surface area contributed by atoms with E-state index in [0.29, 0.717) is 0 Å². The molecule has 0 amide bonds. The molecule has 24 heavy (non-hydrogen) atoms. The quantitative estimate of drug-likeness (QED) is 0.561. The van der Waals surface area contributed by atoms with Gasteiger partial charge in [0.1, 0.15) is 5.82 Å². The summed E-state index contributed by atoms with van der Waals surface area (Å²) in [6.07, 6.45) is 5.47. The third-order valence-electron chi connectivity index (χ3n) is 3.95. The summed E-state index contributed by atoms with van der Waals surface area (Å²) in [5, 5.41) is 8.69. The number of imidazole rings is 1. The van der Waals surface area contributed by atoms with Gasteiger partial charge in [0, 0.05) is 43.2 Å². The Morgan fingerprint density at radius 2 is 2.12 bits per heavy atom. The smallest absolute Gasteiger partial charge is 0.198 e. The molecule has 0 radical (unpaired) electrons. The average molecular weight is 339 g/mol. The first-order valence-corrected chi connectivity index (χ1v) is 8.62. The van der Waals surface area contributed by atoms with Crippen LogP contribution in [0.2, 0.25) is 0 Å². The summed E-state index contributed by atoms with van der Waals surface area (Å²) in [5.74, 6) is 2.55. The maximum atomic E-state index is 5.33. The fourth-order valence-corrected chi connectivity index (χ4v) is 3.35. The molecule has 0 spiro atoms. The van der Waals surface area contributed by atoms with E-state index in [4.69, 9.17) is 9.72 Å². The van der Waals surface area contributed by atoms with Gasteiger partial charge in [0.2, 0.25) is 0 Å². The van der Waals surface area contributed by atoms with E-state index in [1.807, 2.05) is 25.4 Å². The molecule has 4 aromatic rings. The molecule has 0 saturated carbocycles. The number of nitrogens with zero attached hydrogens (tertiary/aromatic N) is 5. The number of fused-ring (bicyclic) bond motifs is 1. The molecule has 0 fully saturated rings. The second kappa shape index (κ2) is 6.09. The van der Waals surface area contributed by atoms with Crippen molar-refractivity contribution in [3.05, 3.63) is 53.0 Å². The van der Waals surface area contributed by atoms with Crippen molar-refractivity contribution in [3.8, 4) is 17.0 Å². The summed E-state index contributed by atoms with van der Waals surface area (Å²) < 4.78 is 9.15. The Labute approximate surface area is 143 Å². The van der Waals surface area contributed by atoms with E-state index in [0.717, 1.165) is 47.1 Å². The second-order valence-electron chi connectivity index (χ2n) is 5.54. The van der Waals surface area contributed by atoms with Crippen LogP contribution in [0.5, 0.6) is 5.75 Å². The van der Waals surface area contributed by atoms with Crippen LogP contribution in [0, 0.1) is 0 Å². The Kier molecular flexibility index (Phi) is 3.78. The molecular weight excluding hydrogens is 322 g/mol. The van der Waals surface area contributed by atoms with E-state index >= 15 is 0 Å². The lowest BCUT2D eigenvalue weighted by Crippen LogP contribution is -2.01. The van der Waals surface area contributed by atoms with Crippen LogP contribution < -0.4 is 4.74 Å². The molecule has 4 heterocycles. The minimum absolute atomic E-state index is 0.730. The van der Waals surface area contributed by atoms with Crippen molar-refractivity contribution in [2.24, 2.45) is 7.05 Å². The fourth-order valence-electron chi connectivity index (χ4n) is 2.70. The van der Waals surface area contributed by atoms with Crippen molar-refractivity contribution in [2.75, 3.05) is 7.11 Å². The third kappa shape index (κ3) is 2.67. The third-order valence-corrected chi connectivity index (χ3v) is 4.64. The first kappa shape index (κ1) is 14.9. The Morgan fingerprint density at radius 1 is 1.21 bits per heavy atom. The number of aromatic nitrogens is 5. The molecule has 0 atom stereocenters. The normalized spacial score (nSPS) is 11.2. The van der Waals surface area contributed by atoms with Crippen LogP contribution >= 0.6 is 11.3 Å². The van der Waals surface area contributed by atoms with Crippen LogP contribution in [0.15, 0.2) is 41.4 Å². The van der Waals surface area contributed by atoms with Crippen molar-refractivity contribution >= 4 is 17.0 Å². The molecule has 0 bridgehead atoms. The van der Waals surface area contributed by atoms with Gasteiger partial charge in [-0.25, -0.2) is 14.5 Å². The molecule has 6 nitrogen and oxygen atoms in total. The van der Waals surface area contributed by atoms with Crippen molar-refractivity contribution < 1.29 is 4.74 Å². The number of pyridine rings is 1. The Morgan fingerprint density at radius 3 is 2.92 bits per heavy atom. The zero-order valence-electron chi connectivity index (χ0n) is 13.5. The Hall–Kier alpha value is -2.67. The maximum Gasteiger partial charge on any atom is 0.198 e. The van der Waals surface area contributed by atoms with Crippen molar-refractivity contribution in [2.45, 2.75) is 12.8 Å². The van der Waals surface area contributed by atoms with Crippen LogP contribution in [0.1, 0.15) is 11.6 Å². The van der Waals surface area contributed by atoms with Crippen LogP contribution in [0.25, 0.3) is 16.9 Å². The molecule has 0 unspecified atom stereocenters. The van der Waals surface area contributed by atoms with Crippen molar-refractivity contribution in [1.29, 1.82) is 0 Å². The molecule has 4 rings (SSSR count). The average Bonchev–Trinajstić information content (AvgIpc) is 3.31. The molecule has 0 aliphatic carbocycles. The van der Waals surface area contributed by atoms with E-state index in [1.165, 1.54) is 0 Å². The summed E-state index contributed by atoms with van der Waals surface area (Å²) in [5.41, 5.74) is 2.92. The molecule has 4 aromatic heterocycles. The number of ether oxygens (including phenoxy) is 1. The predicted octanol–water partition coefficient (Wildman–Crippen LogP) is 2.99. The van der Waals surface area contributed by atoms with Gasteiger partial charge in [-0.05, 0) is 23.6 Å². The molecular formula is C17H17N5OS. The number of thiophene rings is 1. The first-order chi connectivity index (χ1) is 11.7. The van der Waals surface area contributed by atoms with E-state index < -0.39 is 0 Å². The molecule has 0 saturated heterocycles. The minimum atomic E-state index is 0.730. The molecule has 0 aliphatic rings. The second-order valence-corrected chi connectivity index (χ2v) is 6.32. The number of methoxy groups -OCH3 is 1. The van der Waals surface area contributed by atoms with Gasteiger partial charge in [-0.2, -0.15) is 16.4 Å². The number of hydrogen-bond donors (Lipinski definition) is 0. The topological polar surface area (TPSA) is 57.2 Å². The Balaban J connectivity index is 1.55. The van der Waals surface area contributed by atoms with Gasteiger partial charge in [0.05, 0.1) is 12.8 Å². The summed E-state index contributed by atoms with van der Waals surface area (Å²) >= 11 is 1.68. The van der Waals surface area contributed by atoms with Gasteiger partial charge in [-0.15, -0.1) is 0 Å². The Bertz CT molecular complexity index is 970. The van der Waals surface area contributed by atoms with E-state index in [2.05, 4.69) is 37.7 Å². The van der Waals surface area contributed by atoms with E-state index in [9.17, 15) is 0 Å². The largest absolute Gasteiger partial charge is 0.493 e. The highest BCUT2D eigenvalue weighted by atomic mass is 32.1. The van der Waals surface area contributed by atoms with Gasteiger partial charge in [0.25, 0.3) is 0 Å². The lowest BCUT2D eigenvalue weighted by molar-refractivity contribution is 0.416. The zero-order chi connectivity index (χ0) is 16.5. The van der Waals surface area contributed by atoms with Gasteiger partial charge >= 0.3 is 0 Å². The van der Waals surface area contributed by atoms with Gasteiger partial charge < -0.3 is 9.30 Å². The van der Waals surface area contributed by atoms with Crippen LogP contribution in [-0.2, 0) is 19.9 Å². The van der Waals surface area contributed by atoms with Crippen molar-refractivity contribution in [3.63, 3.8) is 0 Å². The molecule has 122 valence electrons. The fraction of sp³-hybridized carbons (Fsp3) is 0.235. The number of aryl methyl sites for hydroxylation is 3. The van der Waals surface area contributed by atoms with E-state index in [1.54, 1.807) is 23.0 Å². The monoisotopic (exact) mass is 339 g/mol. The van der Waals surface area contributed by atoms with Gasteiger partial charge in [-0.3, -0.25) is 0 Å². The molecule has 0 N–H and O–H groups in total. The van der Waals surface area contributed by atoms with Gasteiger partial charge in [-0.1, -0.05) is 0 Å². The van der Waals surface area contributed by atoms with Crippen LogP contribution in [0.4, 0.5) is 0 Å². The molecule has 7 heteroatoms. The minimum Gasteiger partial charge on any atom is -0.493 e. The predicted molar refractivity (Wildman–Crippen MR) is 93.5 cm³/mol. The summed E-state index contributed by atoms with van der Waals surface area (Å²) in [4.78, 5) is 9.31. The standard InChI is InChI=1S/C17H17N5OS/c1-21-10-13(12-7-9-24-11-12)18-16(21)6-5-15-19-17-14(23-2)4-3-8-22(17)20-15/h3-4,7-11H,5-6H2,1-2H3. The zero-order valence-corrected chi connectivity index (χ0v) is 14.3. The summed E-state index contributed by atoms with van der Waals surface area (Å²) in [6.45, 7) is 0. The number of rotatable bonds is 5. The van der Waals surface area contributed by atoms with E-state index in [-0.39, 0.29) is 0 Å². The highest BCUT2D eigenvalue weighted by Gasteiger charge is 2.11. The van der Waals surface area contributed by atoms with Crippen molar-refractivity contribution in [1.82, 2.24) is 24.1 Å². The SMILES string of the molecule is COc1cccn2nc(CCc3nc(-c4ccsc4)cn3C)nc12. The highest BCUT2D eigenvalue weighted by molar-refractivity contribution is 7.08. The summed E-state index contributed by atoms with van der Waals surface area (Å²) in [6, 6.07) is 5.88. The summed E-state index contributed by atoms with van der Waals surface area (Å²) in [7, 11) is 3.67. The highest BCUT2D eigenvalue weighted by Crippen LogP contribution is 2.22. The lowest BCUT2D eigenvalue weighted by atomic mass is 10.2. The molecule has 0 aliphatic heterocycles. The lowest BCUT2D eigenvalue weighted by Gasteiger charge is -1.98. The van der Waals surface area contributed by atoms with Gasteiger partial charge in [0.15, 0.2) is 17.2 Å². The first-order valence-electron chi connectivity index (χ1n) is 7.67.